The summed E-state index contributed by atoms with van der Waals surface area (Å²) in [7, 11) is 2.88. The minimum atomic E-state index is 0.113. The van der Waals surface area contributed by atoms with Gasteiger partial charge in [0.2, 0.25) is 0 Å². The molecule has 2 heterocycles. The van der Waals surface area contributed by atoms with Crippen molar-refractivity contribution in [2.45, 2.75) is 39.7 Å². The summed E-state index contributed by atoms with van der Waals surface area (Å²) in [5, 5.41) is 3.15. The summed E-state index contributed by atoms with van der Waals surface area (Å²) in [5.74, 6) is 0.728. The number of rotatable bonds is 5. The highest BCUT2D eigenvalue weighted by molar-refractivity contribution is 7.61. The highest BCUT2D eigenvalue weighted by Gasteiger charge is 2.17. The number of aliphatic imine (C=N–C) groups is 3. The molecule has 2 aliphatic rings. The smallest absolute Gasteiger partial charge is 0.0926 e. The second kappa shape index (κ2) is 8.70. The summed E-state index contributed by atoms with van der Waals surface area (Å²) in [4.78, 5) is 16.5. The van der Waals surface area contributed by atoms with E-state index in [4.69, 9.17) is 9.98 Å². The Morgan fingerprint density at radius 1 is 1.43 bits per heavy atom. The Labute approximate surface area is 142 Å². The van der Waals surface area contributed by atoms with Crippen LogP contribution in [0.25, 0.3) is 0 Å². The normalized spacial score (nSPS) is 25.5. The van der Waals surface area contributed by atoms with Gasteiger partial charge >= 0.3 is 0 Å². The number of nitrogens with zero attached hydrogens (tertiary/aromatic N) is 4. The van der Waals surface area contributed by atoms with Gasteiger partial charge < -0.3 is 10.2 Å². The quantitative estimate of drug-likeness (QED) is 0.620. The number of likely N-dealkylation sites (tertiary alicyclic amines) is 1. The van der Waals surface area contributed by atoms with Gasteiger partial charge in [-0.15, -0.1) is 0 Å². The first kappa shape index (κ1) is 18.3. The lowest BCUT2D eigenvalue weighted by Crippen LogP contribution is -2.31. The molecule has 1 saturated heterocycles. The Morgan fingerprint density at radius 2 is 2.13 bits per heavy atom. The molecule has 2 aliphatic heterocycles. The van der Waals surface area contributed by atoms with E-state index in [1.807, 2.05) is 0 Å². The van der Waals surface area contributed by atoms with Gasteiger partial charge in [0.05, 0.1) is 29.2 Å². The monoisotopic (exact) mass is 335 g/mol. The summed E-state index contributed by atoms with van der Waals surface area (Å²) < 4.78 is 0. The fourth-order valence-corrected chi connectivity index (χ4v) is 3.62. The zero-order valence-corrected chi connectivity index (χ0v) is 16.1. The van der Waals surface area contributed by atoms with Crippen molar-refractivity contribution in [1.82, 2.24) is 10.2 Å². The Kier molecular flexibility index (Phi) is 6.91. The van der Waals surface area contributed by atoms with E-state index >= 15 is 0 Å². The lowest BCUT2D eigenvalue weighted by molar-refractivity contribution is 0.224. The molecule has 2 rings (SSSR count). The molecular formula is C17H30N5P. The van der Waals surface area contributed by atoms with Crippen LogP contribution in [0.3, 0.4) is 0 Å². The number of hydrogen-bond donors (Lipinski definition) is 1. The molecule has 0 aromatic carbocycles. The molecule has 0 saturated carbocycles. The fourth-order valence-electron chi connectivity index (χ4n) is 2.95. The topological polar surface area (TPSA) is 52.4 Å². The molecule has 0 aromatic heterocycles. The van der Waals surface area contributed by atoms with E-state index in [1.54, 1.807) is 6.34 Å². The average molecular weight is 335 g/mol. The first-order chi connectivity index (χ1) is 11.0. The van der Waals surface area contributed by atoms with Crippen LogP contribution in [0.15, 0.2) is 26.4 Å². The van der Waals surface area contributed by atoms with Crippen LogP contribution in [0, 0.1) is 5.92 Å². The Hall–Kier alpha value is -1.06. The predicted molar refractivity (Wildman–Crippen MR) is 104 cm³/mol. The van der Waals surface area contributed by atoms with Crippen LogP contribution in [-0.4, -0.2) is 61.8 Å². The highest BCUT2D eigenvalue weighted by Crippen LogP contribution is 2.20. The molecule has 0 spiro atoms. The van der Waals surface area contributed by atoms with Crippen molar-refractivity contribution < 1.29 is 0 Å². The lowest BCUT2D eigenvalue weighted by atomic mass is 9.97. The molecule has 0 amide bonds. The number of nitrogens with one attached hydrogen (secondary N) is 1. The molecule has 2 atom stereocenters. The van der Waals surface area contributed by atoms with Crippen molar-refractivity contribution in [1.29, 1.82) is 0 Å². The highest BCUT2D eigenvalue weighted by atomic mass is 31.1. The van der Waals surface area contributed by atoms with E-state index in [-0.39, 0.29) is 6.04 Å². The van der Waals surface area contributed by atoms with E-state index in [9.17, 15) is 0 Å². The van der Waals surface area contributed by atoms with Crippen LogP contribution in [0.5, 0.6) is 0 Å². The molecule has 0 radical (unpaired) electrons. The molecule has 0 aromatic rings. The van der Waals surface area contributed by atoms with E-state index in [0.29, 0.717) is 8.58 Å². The number of hydrogen-bond acceptors (Lipinski definition) is 5. The fraction of sp³-hybridized carbons (Fsp3) is 0.706. The van der Waals surface area contributed by atoms with E-state index in [2.05, 4.69) is 49.7 Å². The zero-order chi connectivity index (χ0) is 16.8. The third kappa shape index (κ3) is 5.22. The van der Waals surface area contributed by atoms with E-state index in [0.717, 1.165) is 35.0 Å². The maximum absolute atomic E-state index is 4.90. The predicted octanol–water partition coefficient (Wildman–Crippen LogP) is 2.75. The average Bonchev–Trinajstić information content (AvgIpc) is 2.53. The van der Waals surface area contributed by atoms with Gasteiger partial charge in [-0.2, -0.15) is 0 Å². The standard InChI is InChI=1S/C17H30N5P/c1-12-16(13(2)20-11-19-12)21-14(3)17(23-5)18-10-15-6-8-22(4)9-7-15/h11-12,15,23H,6-10H2,1-5H3,(H,19,20). The Morgan fingerprint density at radius 3 is 2.74 bits per heavy atom. The first-order valence-corrected chi connectivity index (χ1v) is 9.96. The SMILES string of the molecule is CPC(=NCC1CCN(C)CC1)C(C)=NC1=C(C)NC=NC1C. The summed E-state index contributed by atoms with van der Waals surface area (Å²) in [5.41, 5.74) is 4.31. The van der Waals surface area contributed by atoms with E-state index < -0.39 is 0 Å². The molecule has 6 heteroatoms. The summed E-state index contributed by atoms with van der Waals surface area (Å²) in [6, 6.07) is 0.113. The minimum absolute atomic E-state index is 0.113. The molecule has 0 bridgehead atoms. The molecular weight excluding hydrogens is 305 g/mol. The number of allylic oxidation sites excluding steroid dienone is 1. The van der Waals surface area contributed by atoms with Gasteiger partial charge in [0.15, 0.2) is 0 Å². The van der Waals surface area contributed by atoms with Crippen LogP contribution in [-0.2, 0) is 0 Å². The second-order valence-corrected chi connectivity index (χ2v) is 7.47. The number of piperidine rings is 1. The molecule has 1 N–H and O–H groups in total. The Balaban J connectivity index is 2.04. The first-order valence-electron chi connectivity index (χ1n) is 8.46. The largest absolute Gasteiger partial charge is 0.349 e. The van der Waals surface area contributed by atoms with Crippen LogP contribution in [0.2, 0.25) is 0 Å². The van der Waals surface area contributed by atoms with Gasteiger partial charge in [0, 0.05) is 12.2 Å². The van der Waals surface area contributed by atoms with Gasteiger partial charge in [-0.05, 0) is 66.3 Å². The lowest BCUT2D eigenvalue weighted by Gasteiger charge is -2.28. The summed E-state index contributed by atoms with van der Waals surface area (Å²) in [6.45, 7) is 11.7. The maximum atomic E-state index is 4.90. The molecule has 5 nitrogen and oxygen atoms in total. The third-order valence-electron chi connectivity index (χ3n) is 4.57. The van der Waals surface area contributed by atoms with Crippen LogP contribution >= 0.6 is 8.58 Å². The molecule has 2 unspecified atom stereocenters. The van der Waals surface area contributed by atoms with Crippen LogP contribution in [0.4, 0.5) is 0 Å². The van der Waals surface area contributed by atoms with Crippen molar-refractivity contribution >= 4 is 26.1 Å². The van der Waals surface area contributed by atoms with Gasteiger partial charge in [-0.25, -0.2) is 0 Å². The molecule has 1 fully saturated rings. The molecule has 0 aliphatic carbocycles. The zero-order valence-electron chi connectivity index (χ0n) is 15.1. The maximum Gasteiger partial charge on any atom is 0.0926 e. The molecule has 128 valence electrons. The minimum Gasteiger partial charge on any atom is -0.349 e. The van der Waals surface area contributed by atoms with Crippen molar-refractivity contribution in [2.75, 3.05) is 33.3 Å². The van der Waals surface area contributed by atoms with E-state index in [1.165, 1.54) is 25.9 Å². The van der Waals surface area contributed by atoms with Crippen LogP contribution in [0.1, 0.15) is 33.6 Å². The summed E-state index contributed by atoms with van der Waals surface area (Å²) >= 11 is 0. The molecule has 23 heavy (non-hydrogen) atoms. The van der Waals surface area contributed by atoms with Gasteiger partial charge in [-0.3, -0.25) is 15.0 Å². The van der Waals surface area contributed by atoms with Crippen LogP contribution < -0.4 is 5.32 Å². The van der Waals surface area contributed by atoms with Crippen molar-refractivity contribution in [3.05, 3.63) is 11.4 Å². The van der Waals surface area contributed by atoms with Crippen molar-refractivity contribution in [3.63, 3.8) is 0 Å². The van der Waals surface area contributed by atoms with Crippen molar-refractivity contribution in [3.8, 4) is 0 Å². The third-order valence-corrected chi connectivity index (χ3v) is 5.57. The Bertz CT molecular complexity index is 527. The van der Waals surface area contributed by atoms with Gasteiger partial charge in [0.25, 0.3) is 0 Å². The van der Waals surface area contributed by atoms with Crippen molar-refractivity contribution in [2.24, 2.45) is 20.9 Å². The van der Waals surface area contributed by atoms with Gasteiger partial charge in [-0.1, -0.05) is 8.58 Å². The second-order valence-electron chi connectivity index (χ2n) is 6.49. The van der Waals surface area contributed by atoms with Gasteiger partial charge in [0.1, 0.15) is 0 Å². The summed E-state index contributed by atoms with van der Waals surface area (Å²) in [6.07, 6.45) is 4.28.